The van der Waals surface area contributed by atoms with Crippen molar-refractivity contribution in [3.63, 3.8) is 0 Å². The lowest BCUT2D eigenvalue weighted by Gasteiger charge is -2.23. The normalized spacial score (nSPS) is 30.8. The third-order valence-electron chi connectivity index (χ3n) is 9.29. The Balaban J connectivity index is 1.20. The summed E-state index contributed by atoms with van der Waals surface area (Å²) in [6.07, 6.45) is 23.2. The molecule has 2 aromatic heterocycles. The van der Waals surface area contributed by atoms with Gasteiger partial charge in [-0.1, -0.05) is 78.9 Å². The Morgan fingerprint density at radius 1 is 0.700 bits per heavy atom. The van der Waals surface area contributed by atoms with Crippen molar-refractivity contribution in [3.8, 4) is 0 Å². The molecule has 0 saturated carbocycles. The van der Waals surface area contributed by atoms with Gasteiger partial charge in [0, 0.05) is 45.2 Å². The van der Waals surface area contributed by atoms with Crippen LogP contribution in [-0.4, -0.2) is 34.3 Å². The van der Waals surface area contributed by atoms with Gasteiger partial charge >= 0.3 is 0 Å². The van der Waals surface area contributed by atoms with Gasteiger partial charge in [0.2, 0.25) is 0 Å². The summed E-state index contributed by atoms with van der Waals surface area (Å²) >= 11 is 0. The SMILES string of the molecule is C1=CC2C3Nc4[nH]c(c5c4CC=CC5)NC4=NC(Nc5[nH]c(c6ccccc56)NC(N3)C2C=C1)C1C=CCC=C41. The summed E-state index contributed by atoms with van der Waals surface area (Å²) in [4.78, 5) is 12.7. The number of allylic oxidation sites excluding steroid dienone is 6. The molecule has 1 fully saturated rings. The Morgan fingerprint density at radius 2 is 1.38 bits per heavy atom. The second-order valence-electron chi connectivity index (χ2n) is 11.5. The Bertz CT molecular complexity index is 1710. The number of aliphatic imine (C=N–C) groups is 1. The highest BCUT2D eigenvalue weighted by Gasteiger charge is 2.42. The number of fused-ring (bicyclic) bond motifs is 19. The number of rotatable bonds is 0. The van der Waals surface area contributed by atoms with E-state index in [1.165, 1.54) is 22.1 Å². The Hall–Kier alpha value is -4.43. The van der Waals surface area contributed by atoms with Gasteiger partial charge in [0.15, 0.2) is 0 Å². The molecular formula is C32H32N8. The van der Waals surface area contributed by atoms with Crippen LogP contribution in [0.2, 0.25) is 0 Å². The Morgan fingerprint density at radius 3 is 2.15 bits per heavy atom. The number of nitrogens with one attached hydrogen (secondary N) is 7. The molecule has 1 aromatic carbocycles. The standard InChI is InChI=1S/C32H32N8/c1-2-10-18-17(9-1)25-33-26(18)38-28-21-13-5-6-14-22(21)30(35-28)40-32-24-16-8-7-15-23(24)31(36-32)39-29-20-12-4-3-11-19(20)27(34-29)37-25/h1-7,9-12,15-18,23,25-26,31,33-35,37-39H,8,13-14H2,(H,36,40). The number of benzene rings is 1. The van der Waals surface area contributed by atoms with Gasteiger partial charge in [-0.2, -0.15) is 0 Å². The summed E-state index contributed by atoms with van der Waals surface area (Å²) in [5, 5.41) is 21.5. The van der Waals surface area contributed by atoms with Crippen LogP contribution in [0.1, 0.15) is 17.5 Å². The molecule has 6 aliphatic rings. The molecule has 8 heteroatoms. The van der Waals surface area contributed by atoms with Crippen molar-refractivity contribution in [3.05, 3.63) is 95.6 Å². The molecule has 40 heavy (non-hydrogen) atoms. The number of H-pyrrole nitrogens is 2. The maximum atomic E-state index is 5.23. The first kappa shape index (κ1) is 22.4. The van der Waals surface area contributed by atoms with E-state index in [1.807, 2.05) is 0 Å². The lowest BCUT2D eigenvalue weighted by Crippen LogP contribution is -2.41. The molecule has 8 nitrogen and oxygen atoms in total. The monoisotopic (exact) mass is 528 g/mol. The number of hydrogen-bond donors (Lipinski definition) is 7. The van der Waals surface area contributed by atoms with Gasteiger partial charge in [-0.3, -0.25) is 5.32 Å². The molecule has 1 saturated heterocycles. The molecule has 9 rings (SSSR count). The Kier molecular flexibility index (Phi) is 4.78. The van der Waals surface area contributed by atoms with E-state index < -0.39 is 0 Å². The number of nitrogens with zero attached hydrogens (tertiary/aromatic N) is 1. The average Bonchev–Trinajstić information content (AvgIpc) is 3.73. The van der Waals surface area contributed by atoms with E-state index in [0.717, 1.165) is 53.8 Å². The molecule has 200 valence electrons. The summed E-state index contributed by atoms with van der Waals surface area (Å²) in [5.41, 5.74) is 3.91. The summed E-state index contributed by atoms with van der Waals surface area (Å²) in [6, 6.07) is 8.57. The van der Waals surface area contributed by atoms with Crippen LogP contribution in [0.3, 0.4) is 0 Å². The summed E-state index contributed by atoms with van der Waals surface area (Å²) in [5.74, 6) is 5.87. The van der Waals surface area contributed by atoms with Crippen LogP contribution < -0.4 is 26.6 Å². The minimum absolute atomic E-state index is 0.0571. The zero-order chi connectivity index (χ0) is 26.2. The molecule has 0 spiro atoms. The third kappa shape index (κ3) is 3.32. The fourth-order valence-electron chi connectivity index (χ4n) is 7.35. The van der Waals surface area contributed by atoms with Crippen molar-refractivity contribution in [1.29, 1.82) is 0 Å². The van der Waals surface area contributed by atoms with Crippen LogP contribution >= 0.6 is 0 Å². The van der Waals surface area contributed by atoms with Crippen LogP contribution in [0, 0.1) is 17.8 Å². The molecule has 6 unspecified atom stereocenters. The molecule has 7 N–H and O–H groups in total. The van der Waals surface area contributed by atoms with Crippen molar-refractivity contribution in [1.82, 2.24) is 15.3 Å². The molecule has 3 aliphatic heterocycles. The van der Waals surface area contributed by atoms with Gasteiger partial charge in [-0.05, 0) is 19.3 Å². The summed E-state index contributed by atoms with van der Waals surface area (Å²) in [6.45, 7) is 0. The fourth-order valence-corrected chi connectivity index (χ4v) is 7.35. The maximum Gasteiger partial charge on any atom is 0.132 e. The highest BCUT2D eigenvalue weighted by Crippen LogP contribution is 2.41. The summed E-state index contributed by atoms with van der Waals surface area (Å²) in [7, 11) is 0. The first-order valence-corrected chi connectivity index (χ1v) is 14.4. The van der Waals surface area contributed by atoms with E-state index in [4.69, 9.17) is 4.99 Å². The number of anilines is 4. The van der Waals surface area contributed by atoms with Gasteiger partial charge < -0.3 is 31.2 Å². The lowest BCUT2D eigenvalue weighted by atomic mass is 9.88. The smallest absolute Gasteiger partial charge is 0.132 e. The van der Waals surface area contributed by atoms with E-state index in [1.54, 1.807) is 0 Å². The fraction of sp³-hybridized carbons (Fsp3) is 0.281. The van der Waals surface area contributed by atoms with E-state index in [0.29, 0.717) is 11.8 Å². The predicted molar refractivity (Wildman–Crippen MR) is 163 cm³/mol. The third-order valence-corrected chi connectivity index (χ3v) is 9.29. The molecule has 3 aromatic rings. The van der Waals surface area contributed by atoms with Gasteiger partial charge in [0.1, 0.15) is 35.3 Å². The first-order valence-electron chi connectivity index (χ1n) is 14.4. The predicted octanol–water partition coefficient (Wildman–Crippen LogP) is 5.37. The van der Waals surface area contributed by atoms with Gasteiger partial charge in [-0.15, -0.1) is 0 Å². The second kappa shape index (κ2) is 8.53. The number of aromatic nitrogens is 2. The van der Waals surface area contributed by atoms with Crippen LogP contribution in [0.15, 0.2) is 89.5 Å². The molecule has 6 atom stereocenters. The Labute approximate surface area is 232 Å². The van der Waals surface area contributed by atoms with Crippen LogP contribution in [0.4, 0.5) is 23.3 Å². The molecule has 8 bridgehead atoms. The van der Waals surface area contributed by atoms with Crippen molar-refractivity contribution in [2.24, 2.45) is 22.7 Å². The lowest BCUT2D eigenvalue weighted by molar-refractivity contribution is 0.504. The van der Waals surface area contributed by atoms with Crippen LogP contribution in [0.5, 0.6) is 0 Å². The van der Waals surface area contributed by atoms with Crippen molar-refractivity contribution in [2.45, 2.75) is 37.8 Å². The number of aromatic amines is 2. The minimum atomic E-state index is -0.110. The van der Waals surface area contributed by atoms with Crippen LogP contribution in [-0.2, 0) is 12.8 Å². The average molecular weight is 529 g/mol. The maximum absolute atomic E-state index is 5.23. The first-order chi connectivity index (χ1) is 19.8. The van der Waals surface area contributed by atoms with Crippen molar-refractivity contribution < 1.29 is 0 Å². The van der Waals surface area contributed by atoms with Crippen molar-refractivity contribution >= 4 is 39.9 Å². The van der Waals surface area contributed by atoms with Crippen molar-refractivity contribution in [2.75, 3.05) is 21.3 Å². The van der Waals surface area contributed by atoms with E-state index in [-0.39, 0.29) is 24.4 Å². The van der Waals surface area contributed by atoms with E-state index in [2.05, 4.69) is 116 Å². The van der Waals surface area contributed by atoms with Gasteiger partial charge in [0.05, 0.1) is 12.3 Å². The van der Waals surface area contributed by atoms with E-state index >= 15 is 0 Å². The van der Waals surface area contributed by atoms with E-state index in [9.17, 15) is 0 Å². The quantitative estimate of drug-likeness (QED) is 0.199. The molecule has 5 heterocycles. The highest BCUT2D eigenvalue weighted by atomic mass is 15.3. The minimum Gasteiger partial charge on any atom is -0.355 e. The summed E-state index contributed by atoms with van der Waals surface area (Å²) < 4.78 is 0. The highest BCUT2D eigenvalue weighted by molar-refractivity contribution is 6.11. The molecule has 3 aliphatic carbocycles. The topological polar surface area (TPSA) is 104 Å². The largest absolute Gasteiger partial charge is 0.355 e. The molecular weight excluding hydrogens is 496 g/mol. The zero-order valence-electron chi connectivity index (χ0n) is 22.0. The van der Waals surface area contributed by atoms with Crippen LogP contribution in [0.25, 0.3) is 10.8 Å². The second-order valence-corrected chi connectivity index (χ2v) is 11.5. The molecule has 0 radical (unpaired) electrons. The number of amidine groups is 1. The number of hydrogen-bond acceptors (Lipinski definition) is 6. The zero-order valence-corrected chi connectivity index (χ0v) is 22.0. The van der Waals surface area contributed by atoms with Gasteiger partial charge in [0.25, 0.3) is 0 Å². The van der Waals surface area contributed by atoms with Gasteiger partial charge in [-0.25, -0.2) is 4.99 Å². The molecule has 0 amide bonds.